The first-order valence-corrected chi connectivity index (χ1v) is 7.43. The topological polar surface area (TPSA) is 98.7 Å². The van der Waals surface area contributed by atoms with Crippen molar-refractivity contribution < 1.29 is 19.5 Å². The van der Waals surface area contributed by atoms with E-state index in [2.05, 4.69) is 10.6 Å². The molecule has 21 heavy (non-hydrogen) atoms. The summed E-state index contributed by atoms with van der Waals surface area (Å²) in [5.41, 5.74) is 0.614. The van der Waals surface area contributed by atoms with Crippen LogP contribution < -0.4 is 10.6 Å². The number of para-hydroxylation sites is 1. The molecular weight excluding hydrogens is 294 g/mol. The lowest BCUT2D eigenvalue weighted by Gasteiger charge is -2.20. The van der Waals surface area contributed by atoms with Crippen LogP contribution in [0.1, 0.15) is 0 Å². The van der Waals surface area contributed by atoms with Crippen molar-refractivity contribution >= 4 is 35.4 Å². The zero-order valence-corrected chi connectivity index (χ0v) is 11.9. The van der Waals surface area contributed by atoms with Crippen molar-refractivity contribution in [3.63, 3.8) is 0 Å². The molecule has 1 heterocycles. The number of amides is 3. The fraction of sp³-hybridized carbons (Fsp3) is 0.308. The minimum atomic E-state index is -1.03. The lowest BCUT2D eigenvalue weighted by atomic mass is 10.3. The van der Waals surface area contributed by atoms with Gasteiger partial charge >= 0.3 is 12.0 Å². The molecule has 2 rings (SSSR count). The standard InChI is InChI=1S/C13H15N3O4S/c17-11(16-8-21-7-10(16)12(18)19)6-14-13(20)15-9-4-2-1-3-5-9/h1-5,10H,6-8H2,(H,18,19)(H2,14,15,20). The summed E-state index contributed by atoms with van der Waals surface area (Å²) in [5, 5.41) is 14.0. The maximum atomic E-state index is 11.9. The van der Waals surface area contributed by atoms with Gasteiger partial charge in [0.2, 0.25) is 5.91 Å². The number of anilines is 1. The number of rotatable bonds is 4. The molecule has 3 N–H and O–H groups in total. The number of carboxylic acid groups (broad SMARTS) is 1. The number of hydrogen-bond donors (Lipinski definition) is 3. The Kier molecular flexibility index (Phi) is 5.04. The first-order valence-electron chi connectivity index (χ1n) is 6.28. The molecule has 0 bridgehead atoms. The van der Waals surface area contributed by atoms with E-state index in [1.165, 1.54) is 16.7 Å². The van der Waals surface area contributed by atoms with E-state index in [0.717, 1.165) is 0 Å². The van der Waals surface area contributed by atoms with Gasteiger partial charge in [0.05, 0.1) is 12.4 Å². The van der Waals surface area contributed by atoms with Gasteiger partial charge in [-0.1, -0.05) is 18.2 Å². The molecule has 112 valence electrons. The number of carbonyl (C=O) groups excluding carboxylic acids is 2. The zero-order chi connectivity index (χ0) is 15.2. The number of nitrogens with zero attached hydrogens (tertiary/aromatic N) is 1. The minimum absolute atomic E-state index is 0.233. The van der Waals surface area contributed by atoms with E-state index in [0.29, 0.717) is 17.3 Å². The van der Waals surface area contributed by atoms with Gasteiger partial charge in [-0.25, -0.2) is 9.59 Å². The van der Waals surface area contributed by atoms with Crippen molar-refractivity contribution in [3.8, 4) is 0 Å². The third-order valence-electron chi connectivity index (χ3n) is 2.92. The zero-order valence-electron chi connectivity index (χ0n) is 11.1. The Balaban J connectivity index is 1.81. The number of thioether (sulfide) groups is 1. The van der Waals surface area contributed by atoms with Gasteiger partial charge in [0.1, 0.15) is 6.04 Å². The second-order valence-electron chi connectivity index (χ2n) is 4.39. The van der Waals surface area contributed by atoms with Crippen LogP contribution in [0.3, 0.4) is 0 Å². The van der Waals surface area contributed by atoms with Gasteiger partial charge in [-0.15, -0.1) is 11.8 Å². The van der Waals surface area contributed by atoms with E-state index in [1.807, 2.05) is 6.07 Å². The number of benzene rings is 1. The average molecular weight is 309 g/mol. The molecular formula is C13H15N3O4S. The largest absolute Gasteiger partial charge is 0.480 e. The highest BCUT2D eigenvalue weighted by Crippen LogP contribution is 2.20. The molecule has 0 aromatic heterocycles. The molecule has 1 aromatic rings. The molecule has 1 saturated heterocycles. The average Bonchev–Trinajstić information content (AvgIpc) is 2.95. The van der Waals surface area contributed by atoms with Crippen LogP contribution in [0, 0.1) is 0 Å². The first kappa shape index (κ1) is 15.2. The molecule has 7 nitrogen and oxygen atoms in total. The van der Waals surface area contributed by atoms with Gasteiger partial charge in [-0.3, -0.25) is 4.79 Å². The van der Waals surface area contributed by atoms with Crippen molar-refractivity contribution in [1.29, 1.82) is 0 Å². The molecule has 0 spiro atoms. The van der Waals surface area contributed by atoms with E-state index in [-0.39, 0.29) is 6.54 Å². The number of carboxylic acids is 1. The van der Waals surface area contributed by atoms with E-state index in [1.54, 1.807) is 24.3 Å². The van der Waals surface area contributed by atoms with Gasteiger partial charge in [-0.2, -0.15) is 0 Å². The van der Waals surface area contributed by atoms with Gasteiger partial charge in [-0.05, 0) is 12.1 Å². The van der Waals surface area contributed by atoms with Crippen molar-refractivity contribution in [1.82, 2.24) is 10.2 Å². The molecule has 8 heteroatoms. The van der Waals surface area contributed by atoms with E-state index in [4.69, 9.17) is 5.11 Å². The Hall–Kier alpha value is -2.22. The Morgan fingerprint density at radius 2 is 2.00 bits per heavy atom. The van der Waals surface area contributed by atoms with E-state index in [9.17, 15) is 14.4 Å². The van der Waals surface area contributed by atoms with Crippen molar-refractivity contribution in [2.75, 3.05) is 23.5 Å². The quantitative estimate of drug-likeness (QED) is 0.764. The van der Waals surface area contributed by atoms with Crippen LogP contribution in [0.4, 0.5) is 10.5 Å². The fourth-order valence-corrected chi connectivity index (χ4v) is 3.02. The number of urea groups is 1. The Bertz CT molecular complexity index is 537. The van der Waals surface area contributed by atoms with Crippen LogP contribution in [0.2, 0.25) is 0 Å². The first-order chi connectivity index (χ1) is 10.1. The van der Waals surface area contributed by atoms with Gasteiger partial charge in [0, 0.05) is 11.4 Å². The van der Waals surface area contributed by atoms with Crippen LogP contribution in [0.25, 0.3) is 0 Å². The van der Waals surface area contributed by atoms with Crippen molar-refractivity contribution in [3.05, 3.63) is 30.3 Å². The van der Waals surface area contributed by atoms with Gasteiger partial charge < -0.3 is 20.6 Å². The van der Waals surface area contributed by atoms with Crippen LogP contribution in [-0.4, -0.2) is 52.1 Å². The third-order valence-corrected chi connectivity index (χ3v) is 3.93. The summed E-state index contributed by atoms with van der Waals surface area (Å²) in [6.07, 6.45) is 0. The summed E-state index contributed by atoms with van der Waals surface area (Å²) in [5.74, 6) is -0.729. The Morgan fingerprint density at radius 1 is 1.29 bits per heavy atom. The molecule has 0 radical (unpaired) electrons. The Labute approximate surface area is 125 Å². The summed E-state index contributed by atoms with van der Waals surface area (Å²) >= 11 is 1.38. The van der Waals surface area contributed by atoms with Crippen LogP contribution >= 0.6 is 11.8 Å². The molecule has 1 aliphatic rings. The molecule has 0 aliphatic carbocycles. The van der Waals surface area contributed by atoms with Gasteiger partial charge in [0.15, 0.2) is 0 Å². The van der Waals surface area contributed by atoms with Crippen molar-refractivity contribution in [2.45, 2.75) is 6.04 Å². The second kappa shape index (κ2) is 6.98. The smallest absolute Gasteiger partial charge is 0.327 e. The summed E-state index contributed by atoms with van der Waals surface area (Å²) in [6, 6.07) is 7.50. The Morgan fingerprint density at radius 3 is 2.67 bits per heavy atom. The van der Waals surface area contributed by atoms with Crippen molar-refractivity contribution in [2.24, 2.45) is 0 Å². The highest BCUT2D eigenvalue weighted by molar-refractivity contribution is 7.99. The predicted molar refractivity (Wildman–Crippen MR) is 79.1 cm³/mol. The fourth-order valence-electron chi connectivity index (χ4n) is 1.85. The molecule has 1 atom stereocenters. The number of aliphatic carboxylic acids is 1. The van der Waals surface area contributed by atoms with Crippen LogP contribution in [0.15, 0.2) is 30.3 Å². The minimum Gasteiger partial charge on any atom is -0.480 e. The molecule has 1 fully saturated rings. The normalized spacial score (nSPS) is 17.3. The van der Waals surface area contributed by atoms with Gasteiger partial charge in [0.25, 0.3) is 0 Å². The molecule has 1 aliphatic heterocycles. The predicted octanol–water partition coefficient (Wildman–Crippen LogP) is 0.794. The number of carbonyl (C=O) groups is 3. The maximum Gasteiger partial charge on any atom is 0.327 e. The van der Waals surface area contributed by atoms with Crippen LogP contribution in [-0.2, 0) is 9.59 Å². The highest BCUT2D eigenvalue weighted by atomic mass is 32.2. The summed E-state index contributed by atoms with van der Waals surface area (Å²) < 4.78 is 0. The molecule has 1 unspecified atom stereocenters. The highest BCUT2D eigenvalue weighted by Gasteiger charge is 2.34. The lowest BCUT2D eigenvalue weighted by molar-refractivity contribution is -0.147. The monoisotopic (exact) mass is 309 g/mol. The van der Waals surface area contributed by atoms with Crippen LogP contribution in [0.5, 0.6) is 0 Å². The lowest BCUT2D eigenvalue weighted by Crippen LogP contribution is -2.46. The summed E-state index contributed by atoms with van der Waals surface area (Å²) in [4.78, 5) is 35.8. The molecule has 1 aromatic carbocycles. The molecule has 0 saturated carbocycles. The number of hydrogen-bond acceptors (Lipinski definition) is 4. The van der Waals surface area contributed by atoms with E-state index < -0.39 is 23.9 Å². The summed E-state index contributed by atoms with van der Waals surface area (Å²) in [7, 11) is 0. The number of nitrogens with one attached hydrogen (secondary N) is 2. The second-order valence-corrected chi connectivity index (χ2v) is 5.39. The third kappa shape index (κ3) is 4.12. The summed E-state index contributed by atoms with van der Waals surface area (Å²) in [6.45, 7) is -0.233. The maximum absolute atomic E-state index is 11.9. The SMILES string of the molecule is O=C(NCC(=O)N1CSCC1C(=O)O)Nc1ccccc1. The van der Waals surface area contributed by atoms with E-state index >= 15 is 0 Å². The molecule has 3 amide bonds.